The molecule has 1 radical (unpaired) electrons. The van der Waals surface area contributed by atoms with Gasteiger partial charge in [0.1, 0.15) is 0 Å². The van der Waals surface area contributed by atoms with Crippen molar-refractivity contribution in [3.63, 3.8) is 0 Å². The number of rotatable bonds is 2. The summed E-state index contributed by atoms with van der Waals surface area (Å²) in [5.41, 5.74) is 0. The van der Waals surface area contributed by atoms with E-state index in [-0.39, 0.29) is 6.42 Å². The van der Waals surface area contributed by atoms with E-state index < -0.39 is 16.4 Å². The highest BCUT2D eigenvalue weighted by atomic mass is 32.3. The van der Waals surface area contributed by atoms with Gasteiger partial charge in [-0.3, -0.25) is 0 Å². The van der Waals surface area contributed by atoms with E-state index in [2.05, 4.69) is 6.92 Å². The molecule has 8 heavy (non-hydrogen) atoms. The van der Waals surface area contributed by atoms with Crippen molar-refractivity contribution in [2.45, 2.75) is 18.6 Å². The summed E-state index contributed by atoms with van der Waals surface area (Å²) in [5, 5.41) is -1.32. The molecule has 0 aromatic rings. The molecular weight excluding hydrogens is 137 g/mol. The quantitative estimate of drug-likeness (QED) is 0.560. The zero-order valence-electron chi connectivity index (χ0n) is 4.53. The lowest BCUT2D eigenvalue weighted by Gasteiger charge is -2.15. The van der Waals surface area contributed by atoms with Gasteiger partial charge in [-0.2, -0.15) is 0 Å². The second-order valence-electron chi connectivity index (χ2n) is 1.47. The summed E-state index contributed by atoms with van der Waals surface area (Å²) in [6, 6.07) is 0. The van der Waals surface area contributed by atoms with Crippen LogP contribution in [0.1, 0.15) is 13.3 Å². The molecule has 0 amide bonds. The summed E-state index contributed by atoms with van der Waals surface area (Å²) < 4.78 is 34.4. The van der Waals surface area contributed by atoms with Crippen LogP contribution in [0.5, 0.6) is 0 Å². The van der Waals surface area contributed by atoms with Crippen LogP contribution in [0.3, 0.4) is 0 Å². The number of hydrogen-bond acceptors (Lipinski definition) is 0. The third-order valence-electron chi connectivity index (χ3n) is 0.833. The Bertz CT molecular complexity index is 68.2. The van der Waals surface area contributed by atoms with E-state index >= 15 is 0 Å². The molecule has 0 bridgehead atoms. The van der Waals surface area contributed by atoms with Crippen molar-refractivity contribution in [1.82, 2.24) is 0 Å². The van der Waals surface area contributed by atoms with Crippen molar-refractivity contribution >= 4 is 11.2 Å². The predicted molar refractivity (Wildman–Crippen MR) is 30.4 cm³/mol. The SMILES string of the molecule is [CH2]C(CC)S(F)(F)F. The van der Waals surface area contributed by atoms with Crippen molar-refractivity contribution in [2.24, 2.45) is 0 Å². The Balaban J connectivity index is 3.62. The first-order valence-electron chi connectivity index (χ1n) is 2.22. The molecule has 0 heterocycles. The van der Waals surface area contributed by atoms with Gasteiger partial charge in [0, 0.05) is 0 Å². The molecule has 4 heteroatoms. The fourth-order valence-corrected chi connectivity index (χ4v) is 0.567. The molecule has 0 aliphatic heterocycles. The van der Waals surface area contributed by atoms with E-state index in [1.807, 2.05) is 0 Å². The standard InChI is InChI=1S/C4H8F3S/c1-3-4(2)8(5,6)7/h4H,2-3H2,1H3. The van der Waals surface area contributed by atoms with Gasteiger partial charge in [-0.1, -0.05) is 6.92 Å². The van der Waals surface area contributed by atoms with E-state index in [0.29, 0.717) is 0 Å². The van der Waals surface area contributed by atoms with Crippen LogP contribution < -0.4 is 0 Å². The predicted octanol–water partition coefficient (Wildman–Crippen LogP) is 3.06. The van der Waals surface area contributed by atoms with Crippen molar-refractivity contribution in [2.75, 3.05) is 0 Å². The minimum absolute atomic E-state index is 0.0961. The summed E-state index contributed by atoms with van der Waals surface area (Å²) in [4.78, 5) is 0. The number of halogens is 3. The highest BCUT2D eigenvalue weighted by Gasteiger charge is 2.28. The van der Waals surface area contributed by atoms with Gasteiger partial charge in [0.2, 0.25) is 11.2 Å². The van der Waals surface area contributed by atoms with Gasteiger partial charge in [0.05, 0.1) is 5.25 Å². The molecule has 0 saturated heterocycles. The van der Waals surface area contributed by atoms with E-state index in [4.69, 9.17) is 0 Å². The maximum atomic E-state index is 11.5. The van der Waals surface area contributed by atoms with Gasteiger partial charge in [0.25, 0.3) is 0 Å². The first kappa shape index (κ1) is 8.14. The van der Waals surface area contributed by atoms with Crippen LogP contribution in [-0.4, -0.2) is 5.25 Å². The first-order chi connectivity index (χ1) is 3.48. The zero-order chi connectivity index (χ0) is 6.78. The van der Waals surface area contributed by atoms with Gasteiger partial charge in [-0.05, 0) is 13.3 Å². The Morgan fingerprint density at radius 3 is 1.88 bits per heavy atom. The summed E-state index contributed by atoms with van der Waals surface area (Å²) in [5.74, 6) is 0. The molecule has 0 aromatic carbocycles. The van der Waals surface area contributed by atoms with E-state index in [0.717, 1.165) is 0 Å². The summed E-state index contributed by atoms with van der Waals surface area (Å²) in [6.45, 7) is 4.42. The summed E-state index contributed by atoms with van der Waals surface area (Å²) >= 11 is -4.86. The third-order valence-corrected chi connectivity index (χ3v) is 1.92. The molecule has 1 unspecified atom stereocenters. The molecule has 0 saturated carbocycles. The molecular formula is C4H8F3S. The first-order valence-corrected chi connectivity index (χ1v) is 3.62. The Labute approximate surface area is 49.3 Å². The summed E-state index contributed by atoms with van der Waals surface area (Å²) in [6.07, 6.45) is 0.0961. The molecule has 0 nitrogen and oxygen atoms in total. The lowest BCUT2D eigenvalue weighted by atomic mass is 10.4. The van der Waals surface area contributed by atoms with Gasteiger partial charge < -0.3 is 0 Å². The maximum absolute atomic E-state index is 11.5. The molecule has 0 aliphatic carbocycles. The van der Waals surface area contributed by atoms with Crippen LogP contribution in [0.2, 0.25) is 0 Å². The zero-order valence-corrected chi connectivity index (χ0v) is 5.35. The smallest absolute Gasteiger partial charge is 0.125 e. The molecule has 0 aliphatic rings. The minimum Gasteiger partial charge on any atom is -0.125 e. The van der Waals surface area contributed by atoms with Crippen LogP contribution in [0.4, 0.5) is 11.7 Å². The molecule has 0 aromatic heterocycles. The topological polar surface area (TPSA) is 0 Å². The number of hydrogen-bond donors (Lipinski definition) is 0. The van der Waals surface area contributed by atoms with Gasteiger partial charge >= 0.3 is 0 Å². The lowest BCUT2D eigenvalue weighted by molar-refractivity contribution is 0.610. The van der Waals surface area contributed by atoms with Crippen LogP contribution in [0.25, 0.3) is 0 Å². The fourth-order valence-electron chi connectivity index (χ4n) is 0.189. The van der Waals surface area contributed by atoms with Gasteiger partial charge in [0.15, 0.2) is 0 Å². The van der Waals surface area contributed by atoms with Crippen LogP contribution >= 0.6 is 11.2 Å². The lowest BCUT2D eigenvalue weighted by Crippen LogP contribution is -2.00. The van der Waals surface area contributed by atoms with Crippen LogP contribution in [0.15, 0.2) is 0 Å². The molecule has 0 N–H and O–H groups in total. The van der Waals surface area contributed by atoms with E-state index in [1.54, 1.807) is 0 Å². The van der Waals surface area contributed by atoms with Gasteiger partial charge in [-0.25, -0.2) is 0 Å². The Hall–Kier alpha value is 0.140. The van der Waals surface area contributed by atoms with E-state index in [9.17, 15) is 11.7 Å². The minimum atomic E-state index is -4.86. The second kappa shape index (κ2) is 2.62. The third kappa shape index (κ3) is 2.45. The Kier molecular flexibility index (Phi) is 2.66. The van der Waals surface area contributed by atoms with Crippen molar-refractivity contribution in [3.05, 3.63) is 6.92 Å². The van der Waals surface area contributed by atoms with Crippen molar-refractivity contribution < 1.29 is 11.7 Å². The largest absolute Gasteiger partial charge is 0.211 e. The molecule has 1 atom stereocenters. The van der Waals surface area contributed by atoms with Crippen molar-refractivity contribution in [3.8, 4) is 0 Å². The summed E-state index contributed by atoms with van der Waals surface area (Å²) in [7, 11) is 0. The highest BCUT2D eigenvalue weighted by Crippen LogP contribution is 2.58. The maximum Gasteiger partial charge on any atom is 0.211 e. The van der Waals surface area contributed by atoms with Gasteiger partial charge in [-0.15, -0.1) is 11.7 Å². The molecule has 0 rings (SSSR count). The Morgan fingerprint density at radius 2 is 1.88 bits per heavy atom. The van der Waals surface area contributed by atoms with Crippen LogP contribution in [-0.2, 0) is 0 Å². The van der Waals surface area contributed by atoms with E-state index in [1.165, 1.54) is 6.92 Å². The second-order valence-corrected chi connectivity index (χ2v) is 3.02. The fraction of sp³-hybridized carbons (Fsp3) is 0.750. The average molecular weight is 145 g/mol. The molecule has 51 valence electrons. The molecule has 0 fully saturated rings. The average Bonchev–Trinajstić information content (AvgIpc) is 1.62. The van der Waals surface area contributed by atoms with Crippen molar-refractivity contribution in [1.29, 1.82) is 0 Å². The highest BCUT2D eigenvalue weighted by molar-refractivity contribution is 8.21. The Morgan fingerprint density at radius 1 is 1.50 bits per heavy atom. The normalized spacial score (nSPS) is 18.1. The molecule has 0 spiro atoms. The monoisotopic (exact) mass is 145 g/mol. The van der Waals surface area contributed by atoms with Crippen LogP contribution in [0, 0.1) is 6.92 Å².